The molecule has 0 saturated carbocycles. The standard InChI is InChI=1S/C28H29ClN4O3/c29-22-4-1-3-20(15-22)19-33-9-8-21(16-28(33)36)24-6-7-26-25(24)17-23(18-30-26)31-10-12-32(13-11-31)27(35)5-2-14-34/h1,3-4,6,8-9,15-18,34H,2,5,7,10-14,19H2. The number of hydrogen-bond donors (Lipinski definition) is 1. The lowest BCUT2D eigenvalue weighted by atomic mass is 10.0. The maximum atomic E-state index is 12.9. The van der Waals surface area contributed by atoms with Crippen LogP contribution >= 0.6 is 11.6 Å². The molecule has 2 aliphatic rings. The van der Waals surface area contributed by atoms with Gasteiger partial charge in [-0.05, 0) is 47.4 Å². The van der Waals surface area contributed by atoms with Crippen LogP contribution < -0.4 is 10.5 Å². The van der Waals surface area contributed by atoms with Gasteiger partial charge < -0.3 is 19.5 Å². The van der Waals surface area contributed by atoms with Crippen LogP contribution in [-0.2, 0) is 17.8 Å². The van der Waals surface area contributed by atoms with E-state index in [2.05, 4.69) is 17.0 Å². The van der Waals surface area contributed by atoms with Crippen molar-refractivity contribution in [3.05, 3.63) is 98.7 Å². The first-order valence-corrected chi connectivity index (χ1v) is 12.7. The molecule has 0 atom stereocenters. The largest absolute Gasteiger partial charge is 0.396 e. The zero-order valence-electron chi connectivity index (χ0n) is 20.1. The Bertz CT molecular complexity index is 1360. The van der Waals surface area contributed by atoms with E-state index in [0.717, 1.165) is 53.2 Å². The highest BCUT2D eigenvalue weighted by Gasteiger charge is 2.24. The Balaban J connectivity index is 1.30. The Morgan fingerprint density at radius 2 is 1.92 bits per heavy atom. The maximum Gasteiger partial charge on any atom is 0.251 e. The molecule has 1 fully saturated rings. The number of aliphatic hydroxyl groups excluding tert-OH is 1. The summed E-state index contributed by atoms with van der Waals surface area (Å²) >= 11 is 6.09. The smallest absolute Gasteiger partial charge is 0.251 e. The van der Waals surface area contributed by atoms with Crippen molar-refractivity contribution in [2.24, 2.45) is 0 Å². The number of aromatic nitrogens is 2. The van der Waals surface area contributed by atoms with Crippen molar-refractivity contribution in [3.63, 3.8) is 0 Å². The van der Waals surface area contributed by atoms with E-state index in [0.29, 0.717) is 37.5 Å². The van der Waals surface area contributed by atoms with Crippen molar-refractivity contribution >= 4 is 28.8 Å². The molecule has 0 spiro atoms. The number of allylic oxidation sites excluding steroid dienone is 1. The van der Waals surface area contributed by atoms with Crippen LogP contribution in [0.15, 0.2) is 65.7 Å². The summed E-state index contributed by atoms with van der Waals surface area (Å²) in [6.45, 7) is 3.31. The molecule has 7 nitrogen and oxygen atoms in total. The minimum atomic E-state index is -0.0621. The molecule has 1 amide bonds. The van der Waals surface area contributed by atoms with Gasteiger partial charge >= 0.3 is 0 Å². The quantitative estimate of drug-likeness (QED) is 0.534. The fraction of sp³-hybridized carbons (Fsp3) is 0.321. The second kappa shape index (κ2) is 10.7. The third-order valence-electron chi connectivity index (χ3n) is 6.84. The van der Waals surface area contributed by atoms with Crippen molar-refractivity contribution in [3.8, 4) is 0 Å². The molecule has 5 rings (SSSR count). The van der Waals surface area contributed by atoms with Crippen LogP contribution in [0.1, 0.15) is 35.2 Å². The summed E-state index contributed by atoms with van der Waals surface area (Å²) in [6.07, 6.45) is 7.51. The molecule has 2 aromatic heterocycles. The first-order chi connectivity index (χ1) is 17.5. The van der Waals surface area contributed by atoms with Gasteiger partial charge in [0.05, 0.1) is 24.1 Å². The number of rotatable bonds is 7. The Hall–Kier alpha value is -3.42. The van der Waals surface area contributed by atoms with Crippen molar-refractivity contribution in [1.29, 1.82) is 0 Å². The van der Waals surface area contributed by atoms with Crippen LogP contribution in [-0.4, -0.2) is 58.3 Å². The van der Waals surface area contributed by atoms with Crippen molar-refractivity contribution in [2.75, 3.05) is 37.7 Å². The number of hydrogen-bond acceptors (Lipinski definition) is 5. The Morgan fingerprint density at radius 1 is 1.08 bits per heavy atom. The Kier molecular flexibility index (Phi) is 7.20. The van der Waals surface area contributed by atoms with E-state index in [4.69, 9.17) is 21.7 Å². The minimum absolute atomic E-state index is 0.0412. The van der Waals surface area contributed by atoms with Gasteiger partial charge in [0.2, 0.25) is 5.91 Å². The number of benzene rings is 1. The molecular formula is C28H29ClN4O3. The van der Waals surface area contributed by atoms with Gasteiger partial charge in [0, 0.05) is 68.5 Å². The Labute approximate surface area is 215 Å². The van der Waals surface area contributed by atoms with Crippen LogP contribution in [0.2, 0.25) is 5.02 Å². The van der Waals surface area contributed by atoms with E-state index in [-0.39, 0.29) is 18.1 Å². The summed E-state index contributed by atoms with van der Waals surface area (Å²) in [6, 6.07) is 13.4. The third-order valence-corrected chi connectivity index (χ3v) is 7.08. The maximum absolute atomic E-state index is 12.9. The number of piperazine rings is 1. The summed E-state index contributed by atoms with van der Waals surface area (Å²) in [5.41, 5.74) is 5.93. The van der Waals surface area contributed by atoms with Crippen molar-refractivity contribution in [2.45, 2.75) is 25.8 Å². The molecule has 1 aromatic carbocycles. The summed E-state index contributed by atoms with van der Waals surface area (Å²) in [5.74, 6) is 0.103. The van der Waals surface area contributed by atoms with Crippen LogP contribution in [0.3, 0.4) is 0 Å². The fourth-order valence-electron chi connectivity index (χ4n) is 4.87. The second-order valence-corrected chi connectivity index (χ2v) is 9.65. The topological polar surface area (TPSA) is 78.7 Å². The van der Waals surface area contributed by atoms with E-state index in [1.54, 1.807) is 10.6 Å². The van der Waals surface area contributed by atoms with Gasteiger partial charge in [-0.1, -0.05) is 29.8 Å². The molecule has 1 aliphatic heterocycles. The first kappa shape index (κ1) is 24.3. The van der Waals surface area contributed by atoms with Crippen LogP contribution in [0, 0.1) is 0 Å². The molecule has 0 radical (unpaired) electrons. The highest BCUT2D eigenvalue weighted by atomic mass is 35.5. The van der Waals surface area contributed by atoms with E-state index in [1.165, 1.54) is 0 Å². The van der Waals surface area contributed by atoms with Gasteiger partial charge in [-0.15, -0.1) is 0 Å². The highest BCUT2D eigenvalue weighted by molar-refractivity contribution is 6.30. The second-order valence-electron chi connectivity index (χ2n) is 9.22. The number of carbonyl (C=O) groups excluding carboxylic acids is 1. The molecule has 3 heterocycles. The van der Waals surface area contributed by atoms with Crippen LogP contribution in [0.4, 0.5) is 5.69 Å². The number of fused-ring (bicyclic) bond motifs is 1. The molecule has 36 heavy (non-hydrogen) atoms. The molecular weight excluding hydrogens is 476 g/mol. The number of aliphatic hydroxyl groups is 1. The van der Waals surface area contributed by atoms with Gasteiger partial charge in [-0.25, -0.2) is 0 Å². The average Bonchev–Trinajstić information content (AvgIpc) is 3.32. The molecule has 8 heteroatoms. The number of anilines is 1. The van der Waals surface area contributed by atoms with E-state index in [9.17, 15) is 9.59 Å². The first-order valence-electron chi connectivity index (χ1n) is 12.3. The zero-order valence-corrected chi connectivity index (χ0v) is 20.8. The van der Waals surface area contributed by atoms with Gasteiger partial charge in [0.1, 0.15) is 0 Å². The molecule has 0 bridgehead atoms. The van der Waals surface area contributed by atoms with Crippen molar-refractivity contribution in [1.82, 2.24) is 14.5 Å². The van der Waals surface area contributed by atoms with E-state index < -0.39 is 0 Å². The zero-order chi connectivity index (χ0) is 25.1. The third kappa shape index (κ3) is 5.22. The van der Waals surface area contributed by atoms with Gasteiger partial charge in [0.15, 0.2) is 0 Å². The molecule has 1 saturated heterocycles. The summed E-state index contributed by atoms with van der Waals surface area (Å²) in [5, 5.41) is 9.62. The van der Waals surface area contributed by atoms with Crippen LogP contribution in [0.25, 0.3) is 5.57 Å². The summed E-state index contributed by atoms with van der Waals surface area (Å²) in [7, 11) is 0. The van der Waals surface area contributed by atoms with Crippen LogP contribution in [0.5, 0.6) is 0 Å². The predicted octanol–water partition coefficient (Wildman–Crippen LogP) is 3.35. The van der Waals surface area contributed by atoms with Gasteiger partial charge in [0.25, 0.3) is 5.56 Å². The molecule has 3 aromatic rings. The summed E-state index contributed by atoms with van der Waals surface area (Å²) in [4.78, 5) is 34.0. The van der Waals surface area contributed by atoms with E-state index in [1.807, 2.05) is 47.6 Å². The monoisotopic (exact) mass is 504 g/mol. The van der Waals surface area contributed by atoms with Gasteiger partial charge in [-0.3, -0.25) is 14.6 Å². The SMILES string of the molecule is O=C(CCCO)N1CCN(c2cnc3c(c2)C(c2ccn(Cc4cccc(Cl)c4)c(=O)c2)=CC3)CC1. The molecule has 1 N–H and O–H groups in total. The molecule has 186 valence electrons. The fourth-order valence-corrected chi connectivity index (χ4v) is 5.09. The normalized spacial score (nSPS) is 15.1. The Morgan fingerprint density at radius 3 is 2.67 bits per heavy atom. The molecule has 1 aliphatic carbocycles. The van der Waals surface area contributed by atoms with Gasteiger partial charge in [-0.2, -0.15) is 0 Å². The minimum Gasteiger partial charge on any atom is -0.396 e. The lowest BCUT2D eigenvalue weighted by Gasteiger charge is -2.36. The molecule has 0 unspecified atom stereocenters. The van der Waals surface area contributed by atoms with Crippen molar-refractivity contribution < 1.29 is 9.90 Å². The number of halogens is 1. The number of nitrogens with zero attached hydrogens (tertiary/aromatic N) is 4. The number of amides is 1. The summed E-state index contributed by atoms with van der Waals surface area (Å²) < 4.78 is 1.68. The highest BCUT2D eigenvalue weighted by Crippen LogP contribution is 2.33. The predicted molar refractivity (Wildman–Crippen MR) is 141 cm³/mol. The number of carbonyl (C=O) groups is 1. The lowest BCUT2D eigenvalue weighted by molar-refractivity contribution is -0.131. The number of pyridine rings is 2. The lowest BCUT2D eigenvalue weighted by Crippen LogP contribution is -2.48. The average molecular weight is 505 g/mol. The van der Waals surface area contributed by atoms with E-state index >= 15 is 0 Å².